The summed E-state index contributed by atoms with van der Waals surface area (Å²) in [6, 6.07) is 4.95. The van der Waals surface area contributed by atoms with Gasteiger partial charge in [-0.1, -0.05) is 13.8 Å². The molecule has 0 aliphatic rings. The average molecular weight is 251 g/mol. The van der Waals surface area contributed by atoms with Gasteiger partial charge in [-0.2, -0.15) is 0 Å². The summed E-state index contributed by atoms with van der Waals surface area (Å²) in [5, 5.41) is 9.09. The molecule has 0 spiro atoms. The van der Waals surface area contributed by atoms with Crippen molar-refractivity contribution in [1.82, 2.24) is 4.98 Å². The number of aromatic nitrogens is 1. The normalized spacial score (nSPS) is 9.59. The number of aromatic carboxylic acids is 1. The molecule has 2 N–H and O–H groups in total. The van der Waals surface area contributed by atoms with Crippen LogP contribution in [0.25, 0.3) is 10.9 Å². The first kappa shape index (κ1) is 13.3. The fourth-order valence-corrected chi connectivity index (χ4v) is 1.57. The van der Waals surface area contributed by atoms with Gasteiger partial charge < -0.3 is 10.1 Å². The quantitative estimate of drug-likeness (QED) is 0.682. The highest BCUT2D eigenvalue weighted by Crippen LogP contribution is 2.13. The Morgan fingerprint density at radius 1 is 1.35 bits per heavy atom. The number of nitrogens with one attached hydrogen (secondary N) is 1. The molecule has 4 nitrogen and oxygen atoms in total. The van der Waals surface area contributed by atoms with E-state index in [0.29, 0.717) is 15.8 Å². The van der Waals surface area contributed by atoms with Crippen LogP contribution >= 0.6 is 12.6 Å². The molecule has 17 heavy (non-hydrogen) atoms. The molecule has 0 unspecified atom stereocenters. The van der Waals surface area contributed by atoms with Crippen molar-refractivity contribution in [3.63, 3.8) is 0 Å². The molecule has 0 radical (unpaired) electrons. The van der Waals surface area contributed by atoms with Crippen molar-refractivity contribution < 1.29 is 9.90 Å². The molecule has 1 aromatic heterocycles. The van der Waals surface area contributed by atoms with E-state index >= 15 is 0 Å². The summed E-state index contributed by atoms with van der Waals surface area (Å²) in [6.45, 7) is 4.00. The highest BCUT2D eigenvalue weighted by Gasteiger charge is 2.10. The van der Waals surface area contributed by atoms with Gasteiger partial charge in [0.05, 0.1) is 0 Å². The number of carboxylic acids is 1. The number of benzene rings is 1. The van der Waals surface area contributed by atoms with Crippen molar-refractivity contribution in [1.29, 1.82) is 0 Å². The van der Waals surface area contributed by atoms with Crippen LogP contribution in [0.1, 0.15) is 24.2 Å². The Hall–Kier alpha value is -1.75. The minimum atomic E-state index is -1.23. The number of carboxylic acid groups (broad SMARTS) is 1. The molecular weight excluding hydrogens is 238 g/mol. The first-order valence-corrected chi connectivity index (χ1v) is 5.62. The number of fused-ring (bicyclic) bond motifs is 1. The summed E-state index contributed by atoms with van der Waals surface area (Å²) in [5.41, 5.74) is -0.156. The van der Waals surface area contributed by atoms with Gasteiger partial charge in [0.1, 0.15) is 5.56 Å². The molecule has 0 saturated carbocycles. The third-order valence-corrected chi connectivity index (χ3v) is 2.37. The van der Waals surface area contributed by atoms with E-state index in [1.54, 1.807) is 18.2 Å². The van der Waals surface area contributed by atoms with Gasteiger partial charge in [0, 0.05) is 22.0 Å². The Kier molecular flexibility index (Phi) is 4.34. The molecule has 0 bridgehead atoms. The number of carbonyl (C=O) groups is 1. The lowest BCUT2D eigenvalue weighted by Gasteiger charge is -2.00. The van der Waals surface area contributed by atoms with Crippen LogP contribution in [0.2, 0.25) is 0 Å². The van der Waals surface area contributed by atoms with Gasteiger partial charge in [-0.15, -0.1) is 12.6 Å². The standard InChI is InChI=1S/C10H7NO3S.C2H6/c12-9-6-3-5(15)1-2-8(6)11-4-7(9)10(13)14;1-2/h1-4,15H,(H,11,12)(H,13,14);1-2H3. The van der Waals surface area contributed by atoms with Crippen LogP contribution in [0.3, 0.4) is 0 Å². The van der Waals surface area contributed by atoms with Gasteiger partial charge in [-0.05, 0) is 18.2 Å². The Bertz CT molecular complexity index is 604. The van der Waals surface area contributed by atoms with E-state index in [1.165, 1.54) is 6.20 Å². The molecule has 2 rings (SSSR count). The van der Waals surface area contributed by atoms with Gasteiger partial charge in [0.15, 0.2) is 0 Å². The first-order chi connectivity index (χ1) is 8.09. The van der Waals surface area contributed by atoms with Crippen molar-refractivity contribution in [3.05, 3.63) is 40.2 Å². The maximum atomic E-state index is 11.7. The summed E-state index contributed by atoms with van der Waals surface area (Å²) in [5.74, 6) is -1.23. The third-order valence-electron chi connectivity index (χ3n) is 2.09. The number of hydrogen-bond donors (Lipinski definition) is 3. The molecule has 0 amide bonds. The fraction of sp³-hybridized carbons (Fsp3) is 0.167. The van der Waals surface area contributed by atoms with E-state index in [0.717, 1.165) is 0 Å². The highest BCUT2D eigenvalue weighted by atomic mass is 32.1. The van der Waals surface area contributed by atoms with Crippen molar-refractivity contribution in [3.8, 4) is 0 Å². The second-order valence-corrected chi connectivity index (χ2v) is 3.58. The zero-order chi connectivity index (χ0) is 13.0. The maximum Gasteiger partial charge on any atom is 0.341 e. The van der Waals surface area contributed by atoms with Crippen molar-refractivity contribution >= 4 is 29.5 Å². The summed E-state index contributed by atoms with van der Waals surface area (Å²) >= 11 is 4.09. The molecule has 90 valence electrons. The summed E-state index contributed by atoms with van der Waals surface area (Å²) in [6.07, 6.45) is 1.20. The summed E-state index contributed by atoms with van der Waals surface area (Å²) < 4.78 is 0. The van der Waals surface area contributed by atoms with Crippen molar-refractivity contribution in [2.75, 3.05) is 0 Å². The number of aromatic amines is 1. The maximum absolute atomic E-state index is 11.7. The third kappa shape index (κ3) is 2.68. The SMILES string of the molecule is CC.O=C(O)c1c[nH]c2ccc(S)cc2c1=O. The minimum absolute atomic E-state index is 0.263. The lowest BCUT2D eigenvalue weighted by atomic mass is 10.1. The molecule has 0 aliphatic carbocycles. The minimum Gasteiger partial charge on any atom is -0.477 e. The molecule has 0 aliphatic heterocycles. The molecular formula is C12H13NO3S. The lowest BCUT2D eigenvalue weighted by molar-refractivity contribution is 0.0695. The first-order valence-electron chi connectivity index (χ1n) is 5.17. The number of H-pyrrole nitrogens is 1. The van der Waals surface area contributed by atoms with E-state index < -0.39 is 11.4 Å². The van der Waals surface area contributed by atoms with E-state index in [2.05, 4.69) is 17.6 Å². The Balaban J connectivity index is 0.000000686. The number of hydrogen-bond acceptors (Lipinski definition) is 3. The predicted octanol–water partition coefficient (Wildman–Crippen LogP) is 2.54. The zero-order valence-corrected chi connectivity index (χ0v) is 10.4. The largest absolute Gasteiger partial charge is 0.477 e. The van der Waals surface area contributed by atoms with Crippen LogP contribution in [0.5, 0.6) is 0 Å². The average Bonchev–Trinajstić information content (AvgIpc) is 2.32. The van der Waals surface area contributed by atoms with Crippen molar-refractivity contribution in [2.24, 2.45) is 0 Å². The number of thiol groups is 1. The number of rotatable bonds is 1. The molecule has 5 heteroatoms. The predicted molar refractivity (Wildman–Crippen MR) is 70.1 cm³/mol. The van der Waals surface area contributed by atoms with Gasteiger partial charge in [-0.25, -0.2) is 4.79 Å². The summed E-state index contributed by atoms with van der Waals surface area (Å²) in [4.78, 5) is 25.8. The van der Waals surface area contributed by atoms with E-state index in [4.69, 9.17) is 5.11 Å². The summed E-state index contributed by atoms with van der Waals surface area (Å²) in [7, 11) is 0. The van der Waals surface area contributed by atoms with Crippen LogP contribution in [-0.4, -0.2) is 16.1 Å². The molecule has 0 fully saturated rings. The van der Waals surface area contributed by atoms with Gasteiger partial charge in [-0.3, -0.25) is 4.79 Å². The van der Waals surface area contributed by atoms with Crippen LogP contribution in [0.4, 0.5) is 0 Å². The van der Waals surface area contributed by atoms with Crippen LogP contribution < -0.4 is 5.43 Å². The topological polar surface area (TPSA) is 70.2 Å². The van der Waals surface area contributed by atoms with Gasteiger partial charge in [0.25, 0.3) is 0 Å². The molecule has 0 atom stereocenters. The molecule has 2 aromatic rings. The smallest absolute Gasteiger partial charge is 0.341 e. The number of pyridine rings is 1. The Morgan fingerprint density at radius 2 is 2.00 bits per heavy atom. The monoisotopic (exact) mass is 251 g/mol. The van der Waals surface area contributed by atoms with Gasteiger partial charge in [0.2, 0.25) is 5.43 Å². The molecule has 1 heterocycles. The zero-order valence-electron chi connectivity index (χ0n) is 9.52. The van der Waals surface area contributed by atoms with E-state index in [-0.39, 0.29) is 5.56 Å². The van der Waals surface area contributed by atoms with E-state index in [9.17, 15) is 9.59 Å². The fourth-order valence-electron chi connectivity index (χ4n) is 1.37. The lowest BCUT2D eigenvalue weighted by Crippen LogP contribution is -2.15. The van der Waals surface area contributed by atoms with Crippen LogP contribution in [-0.2, 0) is 0 Å². The second-order valence-electron chi connectivity index (χ2n) is 3.07. The molecule has 1 aromatic carbocycles. The molecule has 0 saturated heterocycles. The van der Waals surface area contributed by atoms with Crippen LogP contribution in [0.15, 0.2) is 34.1 Å². The van der Waals surface area contributed by atoms with Gasteiger partial charge >= 0.3 is 5.97 Å². The second kappa shape index (κ2) is 5.54. The van der Waals surface area contributed by atoms with Crippen LogP contribution in [0, 0.1) is 0 Å². The Morgan fingerprint density at radius 3 is 2.59 bits per heavy atom. The van der Waals surface area contributed by atoms with E-state index in [1.807, 2.05) is 13.8 Å². The Labute approximate surface area is 104 Å². The van der Waals surface area contributed by atoms with Crippen molar-refractivity contribution in [2.45, 2.75) is 18.7 Å². The highest BCUT2D eigenvalue weighted by molar-refractivity contribution is 7.80.